The molecule has 0 aromatic heterocycles. The van der Waals surface area contributed by atoms with Crippen LogP contribution in [0.15, 0.2) is 18.2 Å². The van der Waals surface area contributed by atoms with E-state index in [2.05, 4.69) is 0 Å². The Balaban J connectivity index is 2.87. The molecule has 0 heterocycles. The summed E-state index contributed by atoms with van der Waals surface area (Å²) in [6, 6.07) is 4.94. The van der Waals surface area contributed by atoms with Crippen LogP contribution in [0.25, 0.3) is 0 Å². The normalized spacial score (nSPS) is 10.1. The first-order valence-corrected chi connectivity index (χ1v) is 5.17. The maximum absolute atomic E-state index is 11.0. The molecular weight excluding hydrogens is 208 g/mol. The highest BCUT2D eigenvalue weighted by Crippen LogP contribution is 2.18. The predicted molar refractivity (Wildman–Crippen MR) is 60.2 cm³/mol. The van der Waals surface area contributed by atoms with Gasteiger partial charge in [-0.2, -0.15) is 0 Å². The van der Waals surface area contributed by atoms with Gasteiger partial charge < -0.3 is 14.6 Å². The summed E-state index contributed by atoms with van der Waals surface area (Å²) in [5.74, 6) is -0.259. The van der Waals surface area contributed by atoms with Crippen molar-refractivity contribution in [1.82, 2.24) is 0 Å². The van der Waals surface area contributed by atoms with Crippen molar-refractivity contribution in [3.63, 3.8) is 0 Å². The Hall–Kier alpha value is -1.55. The number of benzene rings is 1. The van der Waals surface area contributed by atoms with Gasteiger partial charge in [-0.3, -0.25) is 0 Å². The summed E-state index contributed by atoms with van der Waals surface area (Å²) in [5, 5.41) is 9.00. The number of hydrogen-bond donors (Lipinski definition) is 1. The molecule has 0 fully saturated rings. The lowest BCUT2D eigenvalue weighted by atomic mass is 10.0. The van der Waals surface area contributed by atoms with Crippen molar-refractivity contribution in [2.24, 2.45) is 0 Å². The SMILES string of the molecule is CCOCCc1cc(OC)ccc1C(=O)O. The Morgan fingerprint density at radius 2 is 2.19 bits per heavy atom. The first-order chi connectivity index (χ1) is 7.69. The number of carboxylic acid groups (broad SMARTS) is 1. The highest BCUT2D eigenvalue weighted by atomic mass is 16.5. The zero-order valence-corrected chi connectivity index (χ0v) is 9.53. The van der Waals surface area contributed by atoms with E-state index in [4.69, 9.17) is 14.6 Å². The number of carbonyl (C=O) groups is 1. The van der Waals surface area contributed by atoms with Gasteiger partial charge in [0.1, 0.15) is 5.75 Å². The molecule has 0 aliphatic carbocycles. The van der Waals surface area contributed by atoms with Crippen molar-refractivity contribution < 1.29 is 19.4 Å². The Morgan fingerprint density at radius 1 is 1.44 bits per heavy atom. The van der Waals surface area contributed by atoms with Crippen molar-refractivity contribution >= 4 is 5.97 Å². The van der Waals surface area contributed by atoms with Gasteiger partial charge >= 0.3 is 5.97 Å². The number of aromatic carboxylic acids is 1. The lowest BCUT2D eigenvalue weighted by Gasteiger charge is -2.08. The molecule has 1 rings (SSSR count). The van der Waals surface area contributed by atoms with E-state index in [1.807, 2.05) is 6.92 Å². The van der Waals surface area contributed by atoms with E-state index in [0.717, 1.165) is 5.56 Å². The minimum Gasteiger partial charge on any atom is -0.497 e. The molecule has 0 aliphatic heterocycles. The van der Waals surface area contributed by atoms with E-state index in [0.29, 0.717) is 30.9 Å². The summed E-state index contributed by atoms with van der Waals surface area (Å²) in [4.78, 5) is 11.0. The molecule has 1 N–H and O–H groups in total. The molecule has 16 heavy (non-hydrogen) atoms. The van der Waals surface area contributed by atoms with Crippen LogP contribution >= 0.6 is 0 Å². The molecule has 4 heteroatoms. The van der Waals surface area contributed by atoms with Crippen molar-refractivity contribution in [1.29, 1.82) is 0 Å². The molecule has 1 aromatic carbocycles. The Bertz CT molecular complexity index is 360. The highest BCUT2D eigenvalue weighted by Gasteiger charge is 2.10. The molecule has 0 spiro atoms. The Kier molecular flexibility index (Phi) is 4.79. The molecule has 1 aromatic rings. The third-order valence-corrected chi connectivity index (χ3v) is 2.26. The molecule has 0 saturated carbocycles. The molecule has 0 bridgehead atoms. The number of methoxy groups -OCH3 is 1. The standard InChI is InChI=1S/C12H16O4/c1-3-16-7-6-9-8-10(15-2)4-5-11(9)12(13)14/h4-5,8H,3,6-7H2,1-2H3,(H,13,14). The first-order valence-electron chi connectivity index (χ1n) is 5.17. The van der Waals surface area contributed by atoms with Gasteiger partial charge in [0.25, 0.3) is 0 Å². The fourth-order valence-electron chi connectivity index (χ4n) is 1.44. The number of carboxylic acids is 1. The molecular formula is C12H16O4. The van der Waals surface area contributed by atoms with Gasteiger partial charge in [0.15, 0.2) is 0 Å². The third kappa shape index (κ3) is 3.24. The van der Waals surface area contributed by atoms with Gasteiger partial charge in [-0.25, -0.2) is 4.79 Å². The van der Waals surface area contributed by atoms with Crippen molar-refractivity contribution in [3.05, 3.63) is 29.3 Å². The van der Waals surface area contributed by atoms with Gasteiger partial charge in [-0.05, 0) is 37.1 Å². The Labute approximate surface area is 94.8 Å². The zero-order valence-electron chi connectivity index (χ0n) is 9.53. The summed E-state index contributed by atoms with van der Waals surface area (Å²) < 4.78 is 10.3. The van der Waals surface area contributed by atoms with Gasteiger partial charge in [0, 0.05) is 6.61 Å². The second-order valence-electron chi connectivity index (χ2n) is 3.28. The van der Waals surface area contributed by atoms with Gasteiger partial charge in [0.05, 0.1) is 19.3 Å². The highest BCUT2D eigenvalue weighted by molar-refractivity contribution is 5.89. The predicted octanol–water partition coefficient (Wildman–Crippen LogP) is 1.97. The lowest BCUT2D eigenvalue weighted by molar-refractivity contribution is 0.0695. The average Bonchev–Trinajstić information content (AvgIpc) is 2.29. The average molecular weight is 224 g/mol. The van der Waals surface area contributed by atoms with E-state index in [1.165, 1.54) is 0 Å². The number of hydrogen-bond acceptors (Lipinski definition) is 3. The van der Waals surface area contributed by atoms with Crippen LogP contribution in [0.5, 0.6) is 5.75 Å². The van der Waals surface area contributed by atoms with E-state index < -0.39 is 5.97 Å². The van der Waals surface area contributed by atoms with E-state index in [-0.39, 0.29) is 0 Å². The van der Waals surface area contributed by atoms with Crippen LogP contribution in [0.3, 0.4) is 0 Å². The van der Waals surface area contributed by atoms with Crippen LogP contribution in [-0.4, -0.2) is 31.4 Å². The van der Waals surface area contributed by atoms with Gasteiger partial charge in [-0.15, -0.1) is 0 Å². The van der Waals surface area contributed by atoms with Crippen molar-refractivity contribution in [3.8, 4) is 5.75 Å². The van der Waals surface area contributed by atoms with E-state index in [9.17, 15) is 4.79 Å². The van der Waals surface area contributed by atoms with Crippen LogP contribution < -0.4 is 4.74 Å². The van der Waals surface area contributed by atoms with Crippen LogP contribution in [0, 0.1) is 0 Å². The largest absolute Gasteiger partial charge is 0.497 e. The number of rotatable bonds is 6. The zero-order chi connectivity index (χ0) is 12.0. The smallest absolute Gasteiger partial charge is 0.335 e. The van der Waals surface area contributed by atoms with E-state index >= 15 is 0 Å². The van der Waals surface area contributed by atoms with Crippen LogP contribution in [0.2, 0.25) is 0 Å². The maximum Gasteiger partial charge on any atom is 0.335 e. The quantitative estimate of drug-likeness (QED) is 0.750. The lowest BCUT2D eigenvalue weighted by Crippen LogP contribution is -2.06. The fraction of sp³-hybridized carbons (Fsp3) is 0.417. The van der Waals surface area contributed by atoms with Crippen LogP contribution in [0.4, 0.5) is 0 Å². The van der Waals surface area contributed by atoms with Crippen LogP contribution in [0.1, 0.15) is 22.8 Å². The van der Waals surface area contributed by atoms with Crippen molar-refractivity contribution in [2.75, 3.05) is 20.3 Å². The molecule has 0 aliphatic rings. The third-order valence-electron chi connectivity index (χ3n) is 2.26. The fourth-order valence-corrected chi connectivity index (χ4v) is 1.44. The minimum absolute atomic E-state index is 0.306. The second-order valence-corrected chi connectivity index (χ2v) is 3.28. The molecule has 0 atom stereocenters. The minimum atomic E-state index is -0.922. The summed E-state index contributed by atoms with van der Waals surface area (Å²) in [6.07, 6.45) is 0.576. The molecule has 88 valence electrons. The monoisotopic (exact) mass is 224 g/mol. The van der Waals surface area contributed by atoms with Gasteiger partial charge in [0.2, 0.25) is 0 Å². The first kappa shape index (κ1) is 12.5. The molecule has 0 amide bonds. The summed E-state index contributed by atoms with van der Waals surface area (Å²) in [5.41, 5.74) is 1.04. The number of ether oxygens (including phenoxy) is 2. The van der Waals surface area contributed by atoms with E-state index in [1.54, 1.807) is 25.3 Å². The Morgan fingerprint density at radius 3 is 2.75 bits per heavy atom. The maximum atomic E-state index is 11.0. The summed E-state index contributed by atoms with van der Waals surface area (Å²) in [6.45, 7) is 3.06. The molecule has 0 unspecified atom stereocenters. The summed E-state index contributed by atoms with van der Waals surface area (Å²) in [7, 11) is 1.56. The second kappa shape index (κ2) is 6.12. The molecule has 0 saturated heterocycles. The van der Waals surface area contributed by atoms with Gasteiger partial charge in [-0.1, -0.05) is 0 Å². The molecule has 4 nitrogen and oxygen atoms in total. The topological polar surface area (TPSA) is 55.8 Å². The molecule has 0 radical (unpaired) electrons. The van der Waals surface area contributed by atoms with Crippen molar-refractivity contribution in [2.45, 2.75) is 13.3 Å². The van der Waals surface area contributed by atoms with Crippen LogP contribution in [-0.2, 0) is 11.2 Å². The summed E-state index contributed by atoms with van der Waals surface area (Å²) >= 11 is 0.